The van der Waals surface area contributed by atoms with E-state index < -0.39 is 0 Å². The fraction of sp³-hybridized carbons (Fsp3) is 0.250. The number of aromatic nitrogens is 1. The number of hydrogen-bond donors (Lipinski definition) is 1. The quantitative estimate of drug-likeness (QED) is 0.905. The summed E-state index contributed by atoms with van der Waals surface area (Å²) in [5.41, 5.74) is 8.08. The predicted octanol–water partition coefficient (Wildman–Crippen LogP) is 3.98. The minimum Gasteiger partial charge on any atom is -0.397 e. The van der Waals surface area contributed by atoms with Crippen molar-refractivity contribution in [1.82, 2.24) is 4.98 Å². The third kappa shape index (κ3) is 3.31. The van der Waals surface area contributed by atoms with Gasteiger partial charge in [-0.2, -0.15) is 5.26 Å². The van der Waals surface area contributed by atoms with E-state index in [1.165, 1.54) is 17.3 Å². The molecule has 0 aliphatic heterocycles. The van der Waals surface area contributed by atoms with Gasteiger partial charge in [-0.05, 0) is 29.2 Å². The molecule has 0 atom stereocenters. The van der Waals surface area contributed by atoms with Gasteiger partial charge < -0.3 is 5.73 Å². The van der Waals surface area contributed by atoms with E-state index in [1.54, 1.807) is 12.3 Å². The first-order chi connectivity index (χ1) is 9.40. The Hall–Kier alpha value is -1.99. The van der Waals surface area contributed by atoms with Gasteiger partial charge in [-0.1, -0.05) is 44.7 Å². The van der Waals surface area contributed by atoms with Gasteiger partial charge in [0.1, 0.15) is 11.1 Å². The summed E-state index contributed by atoms with van der Waals surface area (Å²) < 4.78 is 0. The van der Waals surface area contributed by atoms with Crippen LogP contribution in [0.4, 0.5) is 5.69 Å². The van der Waals surface area contributed by atoms with Crippen molar-refractivity contribution < 1.29 is 0 Å². The second kappa shape index (κ2) is 5.56. The number of hydrogen-bond acceptors (Lipinski definition) is 4. The van der Waals surface area contributed by atoms with E-state index in [4.69, 9.17) is 11.0 Å². The summed E-state index contributed by atoms with van der Waals surface area (Å²) in [5, 5.41) is 9.80. The fourth-order valence-corrected chi connectivity index (χ4v) is 2.58. The maximum atomic E-state index is 9.11. The highest BCUT2D eigenvalue weighted by molar-refractivity contribution is 7.99. The topological polar surface area (TPSA) is 62.7 Å². The van der Waals surface area contributed by atoms with Crippen molar-refractivity contribution in [2.24, 2.45) is 0 Å². The summed E-state index contributed by atoms with van der Waals surface area (Å²) in [5.74, 6) is 0. The number of benzene rings is 1. The molecule has 1 aromatic carbocycles. The van der Waals surface area contributed by atoms with Crippen LogP contribution in [0.2, 0.25) is 0 Å². The highest BCUT2D eigenvalue weighted by Crippen LogP contribution is 2.31. The standard InChI is InChI=1S/C16H17N3S/c1-16(2,3)12-4-6-14(7-5-12)20-15-11(9-17)8-13(18)10-19-15/h4-8,10H,18H2,1-3H3. The molecule has 0 amide bonds. The van der Waals surface area contributed by atoms with E-state index >= 15 is 0 Å². The maximum Gasteiger partial charge on any atom is 0.119 e. The lowest BCUT2D eigenvalue weighted by molar-refractivity contribution is 0.590. The lowest BCUT2D eigenvalue weighted by Crippen LogP contribution is -2.10. The lowest BCUT2D eigenvalue weighted by Gasteiger charge is -2.19. The normalized spacial score (nSPS) is 11.1. The second-order valence-electron chi connectivity index (χ2n) is 5.61. The third-order valence-corrected chi connectivity index (χ3v) is 3.95. The van der Waals surface area contributed by atoms with Crippen LogP contribution in [0.25, 0.3) is 0 Å². The molecule has 0 aliphatic rings. The zero-order valence-corrected chi connectivity index (χ0v) is 12.7. The van der Waals surface area contributed by atoms with Gasteiger partial charge in [-0.15, -0.1) is 0 Å². The van der Waals surface area contributed by atoms with E-state index in [0.717, 1.165) is 4.90 Å². The number of rotatable bonds is 2. The molecule has 20 heavy (non-hydrogen) atoms. The molecule has 2 aromatic rings. The minimum atomic E-state index is 0.139. The Bertz CT molecular complexity index is 649. The Morgan fingerprint density at radius 3 is 2.40 bits per heavy atom. The van der Waals surface area contributed by atoms with Gasteiger partial charge in [0.2, 0.25) is 0 Å². The van der Waals surface area contributed by atoms with Crippen molar-refractivity contribution in [3.8, 4) is 6.07 Å². The molecule has 0 spiro atoms. The average Bonchev–Trinajstić information content (AvgIpc) is 2.40. The van der Waals surface area contributed by atoms with Crippen molar-refractivity contribution in [3.63, 3.8) is 0 Å². The van der Waals surface area contributed by atoms with Crippen molar-refractivity contribution >= 4 is 17.4 Å². The summed E-state index contributed by atoms with van der Waals surface area (Å²) >= 11 is 1.48. The van der Waals surface area contributed by atoms with E-state index in [9.17, 15) is 0 Å². The summed E-state index contributed by atoms with van der Waals surface area (Å²) in [6, 6.07) is 12.1. The monoisotopic (exact) mass is 283 g/mol. The molecule has 4 heteroatoms. The van der Waals surface area contributed by atoms with E-state index in [0.29, 0.717) is 16.3 Å². The second-order valence-corrected chi connectivity index (χ2v) is 6.67. The van der Waals surface area contributed by atoms with Crippen molar-refractivity contribution in [3.05, 3.63) is 47.7 Å². The van der Waals surface area contributed by atoms with Gasteiger partial charge in [-0.3, -0.25) is 0 Å². The van der Waals surface area contributed by atoms with Crippen LogP contribution in [-0.4, -0.2) is 4.98 Å². The zero-order chi connectivity index (χ0) is 14.8. The van der Waals surface area contributed by atoms with Crippen LogP contribution in [0.5, 0.6) is 0 Å². The van der Waals surface area contributed by atoms with Crippen LogP contribution in [0.3, 0.4) is 0 Å². The molecule has 3 nitrogen and oxygen atoms in total. The van der Waals surface area contributed by atoms with Gasteiger partial charge in [0.05, 0.1) is 17.4 Å². The maximum absolute atomic E-state index is 9.11. The van der Waals surface area contributed by atoms with Gasteiger partial charge in [0.15, 0.2) is 0 Å². The largest absolute Gasteiger partial charge is 0.397 e. The van der Waals surface area contributed by atoms with Crippen molar-refractivity contribution in [1.29, 1.82) is 5.26 Å². The first-order valence-corrected chi connectivity index (χ1v) is 7.16. The van der Waals surface area contributed by atoms with E-state index in [-0.39, 0.29) is 5.41 Å². The number of nitrogen functional groups attached to an aromatic ring is 1. The Kier molecular flexibility index (Phi) is 4.01. The van der Waals surface area contributed by atoms with Gasteiger partial charge in [-0.25, -0.2) is 4.98 Å². The molecule has 102 valence electrons. The predicted molar refractivity (Wildman–Crippen MR) is 82.6 cm³/mol. The molecule has 0 radical (unpaired) electrons. The lowest BCUT2D eigenvalue weighted by atomic mass is 9.87. The van der Waals surface area contributed by atoms with Crippen LogP contribution in [0.1, 0.15) is 31.9 Å². The number of nitrogens with two attached hydrogens (primary N) is 1. The van der Waals surface area contributed by atoms with Gasteiger partial charge in [0, 0.05) is 4.90 Å². The van der Waals surface area contributed by atoms with Crippen LogP contribution in [0.15, 0.2) is 46.5 Å². The van der Waals surface area contributed by atoms with Crippen LogP contribution >= 0.6 is 11.8 Å². The number of anilines is 1. The fourth-order valence-electron chi connectivity index (χ4n) is 1.76. The van der Waals surface area contributed by atoms with E-state index in [1.807, 2.05) is 0 Å². The highest BCUT2D eigenvalue weighted by atomic mass is 32.2. The van der Waals surface area contributed by atoms with E-state index in [2.05, 4.69) is 56.1 Å². The Labute approximate surface area is 123 Å². The molecule has 0 bridgehead atoms. The van der Waals surface area contributed by atoms with Crippen LogP contribution in [0, 0.1) is 11.3 Å². The van der Waals surface area contributed by atoms with Crippen LogP contribution in [-0.2, 0) is 5.41 Å². The SMILES string of the molecule is CC(C)(C)c1ccc(Sc2ncc(N)cc2C#N)cc1. The molecule has 0 fully saturated rings. The zero-order valence-electron chi connectivity index (χ0n) is 11.8. The molecule has 0 unspecified atom stereocenters. The molecule has 1 aromatic heterocycles. The summed E-state index contributed by atoms with van der Waals surface area (Å²) in [6.45, 7) is 6.55. The van der Waals surface area contributed by atoms with Crippen LogP contribution < -0.4 is 5.73 Å². The number of nitrogens with zero attached hydrogens (tertiary/aromatic N) is 2. The Morgan fingerprint density at radius 1 is 1.20 bits per heavy atom. The smallest absolute Gasteiger partial charge is 0.119 e. The number of pyridine rings is 1. The molecule has 0 saturated heterocycles. The molecule has 2 rings (SSSR count). The minimum absolute atomic E-state index is 0.139. The van der Waals surface area contributed by atoms with Crippen molar-refractivity contribution in [2.45, 2.75) is 36.1 Å². The first kappa shape index (κ1) is 14.4. The molecule has 2 N–H and O–H groups in total. The summed E-state index contributed by atoms with van der Waals surface area (Å²) in [4.78, 5) is 5.29. The third-order valence-electron chi connectivity index (χ3n) is 2.93. The van der Waals surface area contributed by atoms with Gasteiger partial charge in [0.25, 0.3) is 0 Å². The summed E-state index contributed by atoms with van der Waals surface area (Å²) in [6.07, 6.45) is 1.58. The average molecular weight is 283 g/mol. The molecule has 0 saturated carbocycles. The first-order valence-electron chi connectivity index (χ1n) is 6.34. The highest BCUT2D eigenvalue weighted by Gasteiger charge is 2.13. The summed E-state index contributed by atoms with van der Waals surface area (Å²) in [7, 11) is 0. The Morgan fingerprint density at radius 2 is 1.85 bits per heavy atom. The van der Waals surface area contributed by atoms with Gasteiger partial charge >= 0.3 is 0 Å². The molecular weight excluding hydrogens is 266 g/mol. The molecule has 0 aliphatic carbocycles. The molecular formula is C16H17N3S. The van der Waals surface area contributed by atoms with Crippen molar-refractivity contribution in [2.75, 3.05) is 5.73 Å². The molecule has 1 heterocycles. The number of nitriles is 1. The Balaban J connectivity index is 2.25.